The lowest BCUT2D eigenvalue weighted by Crippen LogP contribution is -2.12. The molecule has 9 heteroatoms. The SMILES string of the molecule is NNc1nc(NCCCn2ccnn2)c(Cl)cc1Cl. The van der Waals surface area contributed by atoms with Gasteiger partial charge in [0.05, 0.1) is 16.2 Å². The van der Waals surface area contributed by atoms with Gasteiger partial charge < -0.3 is 10.7 Å². The highest BCUT2D eigenvalue weighted by Gasteiger charge is 2.07. The van der Waals surface area contributed by atoms with Gasteiger partial charge in [-0.15, -0.1) is 5.10 Å². The van der Waals surface area contributed by atoms with Gasteiger partial charge in [-0.25, -0.2) is 10.8 Å². The van der Waals surface area contributed by atoms with Crippen molar-refractivity contribution in [1.29, 1.82) is 0 Å². The molecule has 19 heavy (non-hydrogen) atoms. The topological polar surface area (TPSA) is 93.7 Å². The molecule has 0 aliphatic carbocycles. The number of hydrazine groups is 1. The fourth-order valence-corrected chi connectivity index (χ4v) is 1.97. The predicted octanol–water partition coefficient (Wildman–Crippen LogP) is 1.77. The number of aryl methyl sites for hydroxylation is 1. The van der Waals surface area contributed by atoms with E-state index in [1.807, 2.05) is 6.20 Å². The Bertz CT molecular complexity index is 529. The standard InChI is InChI=1S/C10H13Cl2N7/c11-7-6-8(12)10(17-13)16-9(7)14-2-1-4-19-5-3-15-18-19/h3,5-6H,1-2,4,13H2,(H2,14,16,17). The Morgan fingerprint density at radius 2 is 2.05 bits per heavy atom. The third-order valence-corrected chi connectivity index (χ3v) is 2.97. The lowest BCUT2D eigenvalue weighted by molar-refractivity contribution is 0.569. The highest BCUT2D eigenvalue weighted by Crippen LogP contribution is 2.28. The molecule has 0 aromatic carbocycles. The van der Waals surface area contributed by atoms with Crippen LogP contribution in [0.3, 0.4) is 0 Å². The number of nitrogens with two attached hydrogens (primary N) is 1. The molecule has 7 nitrogen and oxygen atoms in total. The number of nitrogens with zero attached hydrogens (tertiary/aromatic N) is 4. The van der Waals surface area contributed by atoms with E-state index in [1.165, 1.54) is 0 Å². The number of nitrogen functional groups attached to an aromatic ring is 1. The lowest BCUT2D eigenvalue weighted by atomic mass is 10.4. The van der Waals surface area contributed by atoms with Crippen molar-refractivity contribution in [2.45, 2.75) is 13.0 Å². The summed E-state index contributed by atoms with van der Waals surface area (Å²) < 4.78 is 1.76. The summed E-state index contributed by atoms with van der Waals surface area (Å²) >= 11 is 11.9. The van der Waals surface area contributed by atoms with Crippen LogP contribution in [0.5, 0.6) is 0 Å². The zero-order chi connectivity index (χ0) is 13.7. The average Bonchev–Trinajstić information content (AvgIpc) is 2.90. The quantitative estimate of drug-likeness (QED) is 0.428. The Kier molecular flexibility index (Phi) is 4.78. The molecule has 0 saturated carbocycles. The van der Waals surface area contributed by atoms with Gasteiger partial charge in [0, 0.05) is 19.3 Å². The van der Waals surface area contributed by atoms with E-state index < -0.39 is 0 Å². The van der Waals surface area contributed by atoms with E-state index in [2.05, 4.69) is 26.0 Å². The summed E-state index contributed by atoms with van der Waals surface area (Å²) in [6.07, 6.45) is 4.31. The van der Waals surface area contributed by atoms with E-state index in [1.54, 1.807) is 16.9 Å². The first kappa shape index (κ1) is 13.9. The molecular weight excluding hydrogens is 289 g/mol. The summed E-state index contributed by atoms with van der Waals surface area (Å²) in [5.41, 5.74) is 2.41. The van der Waals surface area contributed by atoms with Crippen molar-refractivity contribution >= 4 is 34.8 Å². The molecular formula is C10H13Cl2N7. The molecule has 0 radical (unpaired) electrons. The molecule has 102 valence electrons. The van der Waals surface area contributed by atoms with Crippen LogP contribution in [0.25, 0.3) is 0 Å². The van der Waals surface area contributed by atoms with Crippen LogP contribution in [0, 0.1) is 0 Å². The highest BCUT2D eigenvalue weighted by atomic mass is 35.5. The van der Waals surface area contributed by atoms with Gasteiger partial charge in [0.2, 0.25) is 0 Å². The number of rotatable bonds is 6. The van der Waals surface area contributed by atoms with Gasteiger partial charge in [-0.3, -0.25) is 4.68 Å². The summed E-state index contributed by atoms with van der Waals surface area (Å²) in [6.45, 7) is 1.46. The van der Waals surface area contributed by atoms with Crippen molar-refractivity contribution in [2.24, 2.45) is 5.84 Å². The van der Waals surface area contributed by atoms with Crippen LogP contribution >= 0.6 is 23.2 Å². The van der Waals surface area contributed by atoms with Crippen LogP contribution in [0.2, 0.25) is 10.0 Å². The summed E-state index contributed by atoms with van der Waals surface area (Å²) in [5.74, 6) is 6.22. The largest absolute Gasteiger partial charge is 0.369 e. The van der Waals surface area contributed by atoms with Crippen molar-refractivity contribution in [2.75, 3.05) is 17.3 Å². The van der Waals surface area contributed by atoms with E-state index in [-0.39, 0.29) is 0 Å². The van der Waals surface area contributed by atoms with Crippen molar-refractivity contribution in [3.8, 4) is 0 Å². The summed E-state index contributed by atoms with van der Waals surface area (Å²) in [5, 5.41) is 11.5. The van der Waals surface area contributed by atoms with Crippen molar-refractivity contribution in [3.63, 3.8) is 0 Å². The molecule has 2 heterocycles. The van der Waals surface area contributed by atoms with E-state index in [0.717, 1.165) is 13.0 Å². The van der Waals surface area contributed by atoms with Gasteiger partial charge >= 0.3 is 0 Å². The van der Waals surface area contributed by atoms with Gasteiger partial charge in [-0.1, -0.05) is 28.4 Å². The van der Waals surface area contributed by atoms with Crippen molar-refractivity contribution < 1.29 is 0 Å². The number of anilines is 2. The molecule has 4 N–H and O–H groups in total. The summed E-state index contributed by atoms with van der Waals surface area (Å²) in [7, 11) is 0. The summed E-state index contributed by atoms with van der Waals surface area (Å²) in [4.78, 5) is 4.18. The molecule has 0 unspecified atom stereocenters. The minimum Gasteiger partial charge on any atom is -0.369 e. The molecule has 0 spiro atoms. The van der Waals surface area contributed by atoms with Gasteiger partial charge in [0.25, 0.3) is 0 Å². The van der Waals surface area contributed by atoms with E-state index in [4.69, 9.17) is 29.0 Å². The minimum absolute atomic E-state index is 0.376. The fourth-order valence-electron chi connectivity index (χ4n) is 1.49. The maximum Gasteiger partial charge on any atom is 0.161 e. The third kappa shape index (κ3) is 3.69. The zero-order valence-corrected chi connectivity index (χ0v) is 11.5. The first-order chi connectivity index (χ1) is 9.20. The van der Waals surface area contributed by atoms with Gasteiger partial charge in [0.15, 0.2) is 5.82 Å². The van der Waals surface area contributed by atoms with E-state index in [0.29, 0.717) is 28.2 Å². The van der Waals surface area contributed by atoms with E-state index in [9.17, 15) is 0 Å². The van der Waals surface area contributed by atoms with Gasteiger partial charge in [0.1, 0.15) is 5.82 Å². The molecule has 0 aliphatic rings. The zero-order valence-electron chi connectivity index (χ0n) is 9.98. The molecule has 0 saturated heterocycles. The first-order valence-electron chi connectivity index (χ1n) is 5.61. The van der Waals surface area contributed by atoms with Gasteiger partial charge in [-0.05, 0) is 12.5 Å². The smallest absolute Gasteiger partial charge is 0.161 e. The Balaban J connectivity index is 1.88. The average molecular weight is 302 g/mol. The van der Waals surface area contributed by atoms with E-state index >= 15 is 0 Å². The number of hydrogen-bond acceptors (Lipinski definition) is 6. The molecule has 2 aromatic rings. The van der Waals surface area contributed by atoms with Crippen molar-refractivity contribution in [3.05, 3.63) is 28.5 Å². The first-order valence-corrected chi connectivity index (χ1v) is 6.37. The molecule has 0 amide bonds. The number of aromatic nitrogens is 4. The van der Waals surface area contributed by atoms with Crippen LogP contribution in [0.1, 0.15) is 6.42 Å². The predicted molar refractivity (Wildman–Crippen MR) is 75.2 cm³/mol. The molecule has 0 fully saturated rings. The third-order valence-electron chi connectivity index (χ3n) is 2.39. The monoisotopic (exact) mass is 301 g/mol. The second-order valence-corrected chi connectivity index (χ2v) is 4.55. The second kappa shape index (κ2) is 6.55. The Hall–Kier alpha value is -1.57. The Morgan fingerprint density at radius 3 is 2.74 bits per heavy atom. The Morgan fingerprint density at radius 1 is 1.26 bits per heavy atom. The molecule has 2 aromatic heterocycles. The maximum absolute atomic E-state index is 6.03. The summed E-state index contributed by atoms with van der Waals surface area (Å²) in [6, 6.07) is 1.59. The number of halogens is 2. The number of hydrogen-bond donors (Lipinski definition) is 3. The molecule has 0 bridgehead atoms. The normalized spacial score (nSPS) is 10.5. The van der Waals surface area contributed by atoms with Crippen LogP contribution in [0.4, 0.5) is 11.6 Å². The van der Waals surface area contributed by atoms with Crippen molar-refractivity contribution in [1.82, 2.24) is 20.0 Å². The van der Waals surface area contributed by atoms with Gasteiger partial charge in [-0.2, -0.15) is 0 Å². The Labute approximate surface area is 120 Å². The fraction of sp³-hybridized carbons (Fsp3) is 0.300. The second-order valence-electron chi connectivity index (χ2n) is 3.74. The molecule has 0 aliphatic heterocycles. The van der Waals surface area contributed by atoms with Crippen LogP contribution in [-0.2, 0) is 6.54 Å². The lowest BCUT2D eigenvalue weighted by Gasteiger charge is -2.10. The minimum atomic E-state index is 0.376. The number of nitrogens with one attached hydrogen (secondary N) is 2. The van der Waals surface area contributed by atoms with Crippen LogP contribution < -0.4 is 16.6 Å². The van der Waals surface area contributed by atoms with Crippen LogP contribution in [0.15, 0.2) is 18.5 Å². The molecule has 2 rings (SSSR count). The number of pyridine rings is 1. The van der Waals surface area contributed by atoms with Crippen LogP contribution in [-0.4, -0.2) is 26.5 Å². The highest BCUT2D eigenvalue weighted by molar-refractivity contribution is 6.37. The maximum atomic E-state index is 6.03. The molecule has 0 atom stereocenters.